The lowest BCUT2D eigenvalue weighted by molar-refractivity contribution is 0.0876. The largest absolute Gasteiger partial charge is 0.304 e. The Kier molecular flexibility index (Phi) is 4.50. The first-order valence-electron chi connectivity index (χ1n) is 6.06. The van der Waals surface area contributed by atoms with Crippen LogP contribution in [0.5, 0.6) is 0 Å². The molecule has 1 heterocycles. The molecule has 6 heteroatoms. The summed E-state index contributed by atoms with van der Waals surface area (Å²) in [6, 6.07) is 1.71. The maximum atomic E-state index is 13.1. The summed E-state index contributed by atoms with van der Waals surface area (Å²) < 4.78 is 26.1. The maximum absolute atomic E-state index is 13.1. The average molecular weight is 289 g/mol. The van der Waals surface area contributed by atoms with Gasteiger partial charge in [-0.3, -0.25) is 9.69 Å². The lowest BCUT2D eigenvalue weighted by atomic mass is 10.1. The van der Waals surface area contributed by atoms with Crippen molar-refractivity contribution < 1.29 is 13.6 Å². The molecule has 1 aliphatic heterocycles. The van der Waals surface area contributed by atoms with Crippen molar-refractivity contribution >= 4 is 17.4 Å². The Morgan fingerprint density at radius 3 is 2.42 bits per heavy atom. The second-order valence-corrected chi connectivity index (χ2v) is 5.16. The molecule has 0 spiro atoms. The van der Waals surface area contributed by atoms with Crippen LogP contribution in [0.1, 0.15) is 10.4 Å². The van der Waals surface area contributed by atoms with Crippen molar-refractivity contribution in [1.82, 2.24) is 9.80 Å². The molecule has 0 saturated carbocycles. The van der Waals surface area contributed by atoms with Crippen molar-refractivity contribution in [3.05, 3.63) is 34.4 Å². The van der Waals surface area contributed by atoms with Crippen molar-refractivity contribution in [1.29, 1.82) is 0 Å². The molecule has 2 rings (SSSR count). The van der Waals surface area contributed by atoms with E-state index in [4.69, 9.17) is 11.6 Å². The summed E-state index contributed by atoms with van der Waals surface area (Å²) in [6.07, 6.45) is 0. The second kappa shape index (κ2) is 5.94. The number of nitrogens with zero attached hydrogens (tertiary/aromatic N) is 2. The van der Waals surface area contributed by atoms with Crippen LogP contribution in [0.4, 0.5) is 8.78 Å². The van der Waals surface area contributed by atoms with Crippen LogP contribution in [-0.2, 0) is 0 Å². The first-order chi connectivity index (χ1) is 8.97. The fraction of sp³-hybridized carbons (Fsp3) is 0.462. The average Bonchev–Trinajstić information content (AvgIpc) is 2.36. The lowest BCUT2D eigenvalue weighted by Gasteiger charge is -2.31. The van der Waals surface area contributed by atoms with Crippen molar-refractivity contribution in [3.63, 3.8) is 0 Å². The van der Waals surface area contributed by atoms with E-state index in [-0.39, 0.29) is 22.9 Å². The number of likely N-dealkylation sites (N-methyl/N-ethyl adjacent to an activating group) is 1. The summed E-state index contributed by atoms with van der Waals surface area (Å²) in [5.41, 5.74) is 0.0412. The summed E-state index contributed by atoms with van der Waals surface area (Å²) in [5, 5.41) is -0.0435. The van der Waals surface area contributed by atoms with Crippen LogP contribution >= 0.6 is 11.6 Å². The number of piperazine rings is 1. The number of halogens is 3. The van der Waals surface area contributed by atoms with Crippen molar-refractivity contribution in [3.8, 4) is 0 Å². The first-order valence-corrected chi connectivity index (χ1v) is 6.44. The molecule has 0 aromatic heterocycles. The van der Waals surface area contributed by atoms with Crippen LogP contribution in [-0.4, -0.2) is 55.4 Å². The van der Waals surface area contributed by atoms with Crippen molar-refractivity contribution in [2.75, 3.05) is 39.8 Å². The van der Waals surface area contributed by atoms with E-state index in [1.54, 1.807) is 0 Å². The van der Waals surface area contributed by atoms with Gasteiger partial charge in [0.25, 0.3) is 0 Å². The predicted octanol–water partition coefficient (Wildman–Crippen LogP) is 2.05. The van der Waals surface area contributed by atoms with Gasteiger partial charge in [-0.15, -0.1) is 0 Å². The van der Waals surface area contributed by atoms with Gasteiger partial charge in [0.15, 0.2) is 17.4 Å². The minimum absolute atomic E-state index is 0.0412. The van der Waals surface area contributed by atoms with Crippen LogP contribution in [0.15, 0.2) is 12.1 Å². The molecule has 0 unspecified atom stereocenters. The third-order valence-electron chi connectivity index (χ3n) is 3.27. The Morgan fingerprint density at radius 1 is 1.21 bits per heavy atom. The highest BCUT2D eigenvalue weighted by Crippen LogP contribution is 2.21. The van der Waals surface area contributed by atoms with Gasteiger partial charge in [0.05, 0.1) is 11.6 Å². The maximum Gasteiger partial charge on any atom is 0.178 e. The summed E-state index contributed by atoms with van der Waals surface area (Å²) >= 11 is 5.78. The summed E-state index contributed by atoms with van der Waals surface area (Å²) in [7, 11) is 2.02. The Hall–Kier alpha value is -1.04. The fourth-order valence-corrected chi connectivity index (χ4v) is 2.29. The molecular formula is C13H15ClF2N2O. The molecule has 0 N–H and O–H groups in total. The number of carbonyl (C=O) groups excluding carboxylic acids is 1. The summed E-state index contributed by atoms with van der Waals surface area (Å²) in [5.74, 6) is -2.37. The molecule has 0 aliphatic carbocycles. The molecule has 3 nitrogen and oxygen atoms in total. The third kappa shape index (κ3) is 3.49. The predicted molar refractivity (Wildman–Crippen MR) is 69.6 cm³/mol. The number of ketones is 1. The van der Waals surface area contributed by atoms with Gasteiger partial charge < -0.3 is 4.90 Å². The second-order valence-electron chi connectivity index (χ2n) is 4.75. The summed E-state index contributed by atoms with van der Waals surface area (Å²) in [6.45, 7) is 3.52. The molecule has 1 aromatic rings. The summed E-state index contributed by atoms with van der Waals surface area (Å²) in [4.78, 5) is 16.2. The zero-order chi connectivity index (χ0) is 14.0. The molecule has 1 saturated heterocycles. The highest BCUT2D eigenvalue weighted by molar-refractivity contribution is 6.34. The quantitative estimate of drug-likeness (QED) is 0.628. The Labute approximate surface area is 115 Å². The molecule has 19 heavy (non-hydrogen) atoms. The smallest absolute Gasteiger partial charge is 0.178 e. The lowest BCUT2D eigenvalue weighted by Crippen LogP contribution is -2.46. The molecule has 0 radical (unpaired) electrons. The van der Waals surface area contributed by atoms with E-state index < -0.39 is 11.6 Å². The standard InChI is InChI=1S/C13H15ClF2N2O/c1-17-2-4-18(5-3-17)8-13(19)9-6-11(15)12(16)7-10(9)14/h6-7H,2-5,8H2,1H3. The molecular weight excluding hydrogens is 274 g/mol. The number of carbonyl (C=O) groups is 1. The van der Waals surface area contributed by atoms with Gasteiger partial charge in [-0.05, 0) is 19.2 Å². The van der Waals surface area contributed by atoms with Gasteiger partial charge in [-0.25, -0.2) is 8.78 Å². The number of hydrogen-bond donors (Lipinski definition) is 0. The minimum atomic E-state index is -1.05. The SMILES string of the molecule is CN1CCN(CC(=O)c2cc(F)c(F)cc2Cl)CC1. The highest BCUT2D eigenvalue weighted by Gasteiger charge is 2.20. The molecule has 1 aliphatic rings. The minimum Gasteiger partial charge on any atom is -0.304 e. The van der Waals surface area contributed by atoms with Gasteiger partial charge in [0, 0.05) is 31.7 Å². The Balaban J connectivity index is 2.06. The van der Waals surface area contributed by atoms with E-state index in [2.05, 4.69) is 4.90 Å². The van der Waals surface area contributed by atoms with Gasteiger partial charge in [-0.1, -0.05) is 11.6 Å². The Morgan fingerprint density at radius 2 is 1.79 bits per heavy atom. The first kappa shape index (κ1) is 14.4. The van der Waals surface area contributed by atoms with E-state index >= 15 is 0 Å². The van der Waals surface area contributed by atoms with Gasteiger partial charge >= 0.3 is 0 Å². The van der Waals surface area contributed by atoms with Crippen LogP contribution in [0, 0.1) is 11.6 Å². The van der Waals surface area contributed by atoms with Gasteiger partial charge in [0.2, 0.25) is 0 Å². The monoisotopic (exact) mass is 288 g/mol. The van der Waals surface area contributed by atoms with Crippen LogP contribution in [0.2, 0.25) is 5.02 Å². The number of rotatable bonds is 3. The number of benzene rings is 1. The van der Waals surface area contributed by atoms with E-state index in [0.717, 1.165) is 38.3 Å². The van der Waals surface area contributed by atoms with Crippen LogP contribution < -0.4 is 0 Å². The topological polar surface area (TPSA) is 23.6 Å². The van der Waals surface area contributed by atoms with E-state index in [9.17, 15) is 13.6 Å². The molecule has 1 fully saturated rings. The van der Waals surface area contributed by atoms with Crippen LogP contribution in [0.3, 0.4) is 0 Å². The van der Waals surface area contributed by atoms with Gasteiger partial charge in [0.1, 0.15) is 0 Å². The zero-order valence-corrected chi connectivity index (χ0v) is 11.4. The van der Waals surface area contributed by atoms with Gasteiger partial charge in [-0.2, -0.15) is 0 Å². The molecule has 0 bridgehead atoms. The van der Waals surface area contributed by atoms with E-state index in [1.807, 2.05) is 11.9 Å². The fourth-order valence-electron chi connectivity index (χ4n) is 2.03. The van der Waals surface area contributed by atoms with Crippen LogP contribution in [0.25, 0.3) is 0 Å². The van der Waals surface area contributed by atoms with E-state index in [0.29, 0.717) is 0 Å². The zero-order valence-electron chi connectivity index (χ0n) is 10.6. The normalized spacial score (nSPS) is 17.7. The number of Topliss-reactive ketones (excluding diaryl/α,β-unsaturated/α-hetero) is 1. The highest BCUT2D eigenvalue weighted by atomic mass is 35.5. The molecule has 1 aromatic carbocycles. The van der Waals surface area contributed by atoms with Crippen molar-refractivity contribution in [2.24, 2.45) is 0 Å². The molecule has 104 valence electrons. The third-order valence-corrected chi connectivity index (χ3v) is 3.59. The molecule has 0 amide bonds. The van der Waals surface area contributed by atoms with Crippen molar-refractivity contribution in [2.45, 2.75) is 0 Å². The van der Waals surface area contributed by atoms with E-state index in [1.165, 1.54) is 0 Å². The Bertz CT molecular complexity index is 488. The number of hydrogen-bond acceptors (Lipinski definition) is 3. The molecule has 0 atom stereocenters.